The summed E-state index contributed by atoms with van der Waals surface area (Å²) in [6, 6.07) is 14.0. The summed E-state index contributed by atoms with van der Waals surface area (Å²) in [5.74, 6) is 0.887. The minimum Gasteiger partial charge on any atom is -0.496 e. The van der Waals surface area contributed by atoms with Crippen molar-refractivity contribution in [1.82, 2.24) is 4.90 Å². The van der Waals surface area contributed by atoms with Gasteiger partial charge in [-0.15, -0.1) is 0 Å². The van der Waals surface area contributed by atoms with Gasteiger partial charge >= 0.3 is 0 Å². The van der Waals surface area contributed by atoms with Crippen LogP contribution in [0.1, 0.15) is 16.7 Å². The number of halogens is 1. The van der Waals surface area contributed by atoms with Gasteiger partial charge < -0.3 is 10.5 Å². The predicted molar refractivity (Wildman–Crippen MR) is 87.5 cm³/mol. The Labute approximate surface area is 131 Å². The van der Waals surface area contributed by atoms with Gasteiger partial charge in [-0.05, 0) is 36.4 Å². The molecule has 3 nitrogen and oxygen atoms in total. The molecule has 0 saturated heterocycles. The molecule has 0 aliphatic heterocycles. The molecule has 0 unspecified atom stereocenters. The zero-order valence-corrected chi connectivity index (χ0v) is 13.2. The molecule has 0 spiro atoms. The Morgan fingerprint density at radius 1 is 1.10 bits per heavy atom. The molecule has 0 heterocycles. The van der Waals surface area contributed by atoms with Gasteiger partial charge in [0.05, 0.1) is 7.11 Å². The molecule has 0 atom stereocenters. The van der Waals surface area contributed by atoms with Crippen molar-refractivity contribution >= 4 is 11.6 Å². The highest BCUT2D eigenvalue weighted by Crippen LogP contribution is 2.23. The summed E-state index contributed by atoms with van der Waals surface area (Å²) in [6.45, 7) is 2.10. The van der Waals surface area contributed by atoms with E-state index in [9.17, 15) is 0 Å². The molecule has 2 aromatic rings. The third-order valence-corrected chi connectivity index (χ3v) is 3.79. The Bertz CT molecular complexity index is 601. The average Bonchev–Trinajstić information content (AvgIpc) is 2.49. The lowest BCUT2D eigenvalue weighted by Crippen LogP contribution is -2.18. The van der Waals surface area contributed by atoms with Crippen LogP contribution in [-0.2, 0) is 19.6 Å². The van der Waals surface area contributed by atoms with Crippen LogP contribution >= 0.6 is 11.6 Å². The summed E-state index contributed by atoms with van der Waals surface area (Å²) in [7, 11) is 3.76. The van der Waals surface area contributed by atoms with E-state index in [2.05, 4.69) is 18.0 Å². The molecule has 0 amide bonds. The number of methoxy groups -OCH3 is 1. The minimum atomic E-state index is 0.533. The molecule has 112 valence electrons. The van der Waals surface area contributed by atoms with Gasteiger partial charge in [0.1, 0.15) is 5.75 Å². The van der Waals surface area contributed by atoms with Gasteiger partial charge in [-0.25, -0.2) is 0 Å². The number of hydrogen-bond donors (Lipinski definition) is 1. The SMILES string of the molecule is COc1ccc(CN)cc1CN(C)Cc1ccccc1Cl. The fourth-order valence-corrected chi connectivity index (χ4v) is 2.54. The van der Waals surface area contributed by atoms with E-state index in [1.165, 1.54) is 0 Å². The zero-order valence-electron chi connectivity index (χ0n) is 12.5. The number of benzene rings is 2. The second-order valence-electron chi connectivity index (χ2n) is 5.11. The standard InChI is InChI=1S/C17H21ClN2O/c1-20(11-14-5-3-4-6-16(14)18)12-15-9-13(10-19)7-8-17(15)21-2/h3-9H,10-12,19H2,1-2H3. The summed E-state index contributed by atoms with van der Waals surface area (Å²) in [6.07, 6.45) is 0. The number of ether oxygens (including phenoxy) is 1. The van der Waals surface area contributed by atoms with Crippen LogP contribution < -0.4 is 10.5 Å². The molecule has 0 bridgehead atoms. The van der Waals surface area contributed by atoms with Crippen LogP contribution in [0, 0.1) is 0 Å². The normalized spacial score (nSPS) is 10.9. The smallest absolute Gasteiger partial charge is 0.123 e. The second kappa shape index (κ2) is 7.46. The van der Waals surface area contributed by atoms with E-state index in [-0.39, 0.29) is 0 Å². The number of nitrogens with zero attached hydrogens (tertiary/aromatic N) is 1. The van der Waals surface area contributed by atoms with Gasteiger partial charge in [0, 0.05) is 30.2 Å². The topological polar surface area (TPSA) is 38.5 Å². The number of nitrogens with two attached hydrogens (primary N) is 1. The fourth-order valence-electron chi connectivity index (χ4n) is 2.35. The van der Waals surface area contributed by atoms with Crippen LogP contribution in [0.15, 0.2) is 42.5 Å². The van der Waals surface area contributed by atoms with E-state index >= 15 is 0 Å². The molecule has 4 heteroatoms. The average molecular weight is 305 g/mol. The van der Waals surface area contributed by atoms with Gasteiger partial charge in [-0.2, -0.15) is 0 Å². The van der Waals surface area contributed by atoms with Gasteiger partial charge in [-0.1, -0.05) is 35.9 Å². The van der Waals surface area contributed by atoms with Gasteiger partial charge in [0.25, 0.3) is 0 Å². The first kappa shape index (κ1) is 15.8. The Kier molecular flexibility index (Phi) is 5.62. The third kappa shape index (κ3) is 4.21. The lowest BCUT2D eigenvalue weighted by atomic mass is 10.1. The van der Waals surface area contributed by atoms with Crippen molar-refractivity contribution < 1.29 is 4.74 Å². The maximum Gasteiger partial charge on any atom is 0.123 e. The first-order valence-corrected chi connectivity index (χ1v) is 7.29. The highest BCUT2D eigenvalue weighted by atomic mass is 35.5. The lowest BCUT2D eigenvalue weighted by Gasteiger charge is -2.19. The summed E-state index contributed by atoms with van der Waals surface area (Å²) in [5.41, 5.74) is 9.08. The first-order chi connectivity index (χ1) is 10.1. The highest BCUT2D eigenvalue weighted by molar-refractivity contribution is 6.31. The van der Waals surface area contributed by atoms with Crippen molar-refractivity contribution in [3.63, 3.8) is 0 Å². The molecule has 2 aromatic carbocycles. The minimum absolute atomic E-state index is 0.533. The Morgan fingerprint density at radius 3 is 2.48 bits per heavy atom. The van der Waals surface area contributed by atoms with E-state index in [4.69, 9.17) is 22.1 Å². The van der Waals surface area contributed by atoms with Gasteiger partial charge in [0.2, 0.25) is 0 Å². The van der Waals surface area contributed by atoms with Crippen molar-refractivity contribution in [2.75, 3.05) is 14.2 Å². The largest absolute Gasteiger partial charge is 0.496 e. The van der Waals surface area contributed by atoms with Crippen molar-refractivity contribution in [3.05, 3.63) is 64.2 Å². The molecule has 2 N–H and O–H groups in total. The van der Waals surface area contributed by atoms with Crippen LogP contribution in [0.3, 0.4) is 0 Å². The van der Waals surface area contributed by atoms with Crippen molar-refractivity contribution in [2.45, 2.75) is 19.6 Å². The molecule has 0 aliphatic rings. The summed E-state index contributed by atoms with van der Waals surface area (Å²) in [5, 5.41) is 0.798. The van der Waals surface area contributed by atoms with Gasteiger partial charge in [0.15, 0.2) is 0 Å². The molecule has 0 saturated carbocycles. The number of hydrogen-bond acceptors (Lipinski definition) is 3. The van der Waals surface area contributed by atoms with Crippen LogP contribution in [0.25, 0.3) is 0 Å². The monoisotopic (exact) mass is 304 g/mol. The molecular weight excluding hydrogens is 284 g/mol. The first-order valence-electron chi connectivity index (χ1n) is 6.92. The molecule has 2 rings (SSSR count). The molecule has 21 heavy (non-hydrogen) atoms. The summed E-state index contributed by atoms with van der Waals surface area (Å²) in [4.78, 5) is 2.21. The van der Waals surface area contributed by atoms with E-state index in [0.717, 1.165) is 40.6 Å². The Morgan fingerprint density at radius 2 is 1.81 bits per heavy atom. The summed E-state index contributed by atoms with van der Waals surface area (Å²) < 4.78 is 5.43. The van der Waals surface area contributed by atoms with Crippen LogP contribution in [-0.4, -0.2) is 19.1 Å². The predicted octanol–water partition coefficient (Wildman–Crippen LogP) is 3.44. The fraction of sp³-hybridized carbons (Fsp3) is 0.294. The Hall–Kier alpha value is -1.55. The van der Waals surface area contributed by atoms with Crippen LogP contribution in [0.2, 0.25) is 5.02 Å². The van der Waals surface area contributed by atoms with E-state index < -0.39 is 0 Å². The van der Waals surface area contributed by atoms with E-state index in [1.54, 1.807) is 7.11 Å². The lowest BCUT2D eigenvalue weighted by molar-refractivity contribution is 0.310. The van der Waals surface area contributed by atoms with E-state index in [0.29, 0.717) is 6.54 Å². The zero-order chi connectivity index (χ0) is 15.2. The van der Waals surface area contributed by atoms with Crippen molar-refractivity contribution in [2.24, 2.45) is 5.73 Å². The van der Waals surface area contributed by atoms with E-state index in [1.807, 2.05) is 36.4 Å². The summed E-state index contributed by atoms with van der Waals surface area (Å²) >= 11 is 6.21. The number of rotatable bonds is 6. The van der Waals surface area contributed by atoms with Crippen LogP contribution in [0.5, 0.6) is 5.75 Å². The quantitative estimate of drug-likeness (QED) is 0.888. The second-order valence-corrected chi connectivity index (χ2v) is 5.52. The van der Waals surface area contributed by atoms with Crippen LogP contribution in [0.4, 0.5) is 0 Å². The molecule has 0 fully saturated rings. The molecule has 0 radical (unpaired) electrons. The highest BCUT2D eigenvalue weighted by Gasteiger charge is 2.09. The van der Waals surface area contributed by atoms with Crippen molar-refractivity contribution in [3.8, 4) is 5.75 Å². The molecule has 0 aromatic heterocycles. The Balaban J connectivity index is 2.12. The van der Waals surface area contributed by atoms with Crippen molar-refractivity contribution in [1.29, 1.82) is 0 Å². The third-order valence-electron chi connectivity index (χ3n) is 3.42. The maximum absolute atomic E-state index is 6.21. The van der Waals surface area contributed by atoms with Gasteiger partial charge in [-0.3, -0.25) is 4.90 Å². The maximum atomic E-state index is 6.21. The molecular formula is C17H21ClN2O. The molecule has 0 aliphatic carbocycles.